The lowest BCUT2D eigenvalue weighted by molar-refractivity contribution is -0.385. The summed E-state index contributed by atoms with van der Waals surface area (Å²) in [6, 6.07) is 4.81. The van der Waals surface area contributed by atoms with Gasteiger partial charge in [-0.2, -0.15) is 11.8 Å². The lowest BCUT2D eigenvalue weighted by Gasteiger charge is -2.21. The molecular weight excluding hydrogens is 284 g/mol. The van der Waals surface area contributed by atoms with Gasteiger partial charge in [-0.25, -0.2) is 0 Å². The van der Waals surface area contributed by atoms with Crippen LogP contribution >= 0.6 is 23.4 Å². The Hall–Kier alpha value is -0.780. The van der Waals surface area contributed by atoms with Gasteiger partial charge in [0.25, 0.3) is 5.69 Å². The lowest BCUT2D eigenvalue weighted by Crippen LogP contribution is -2.25. The first kappa shape index (κ1) is 14.6. The SMILES string of the molecule is O=[N+]([O-])c1cccc(Cl)c1CNCC1CCSCC1. The number of nitro benzene ring substituents is 1. The third kappa shape index (κ3) is 4.09. The van der Waals surface area contributed by atoms with Crippen molar-refractivity contribution in [2.75, 3.05) is 18.1 Å². The summed E-state index contributed by atoms with van der Waals surface area (Å²) in [5.41, 5.74) is 0.679. The summed E-state index contributed by atoms with van der Waals surface area (Å²) in [7, 11) is 0. The van der Waals surface area contributed by atoms with Crippen LogP contribution in [0.15, 0.2) is 18.2 Å². The van der Waals surface area contributed by atoms with Gasteiger partial charge in [0.05, 0.1) is 15.5 Å². The minimum atomic E-state index is -0.375. The van der Waals surface area contributed by atoms with Crippen molar-refractivity contribution in [3.8, 4) is 0 Å². The molecule has 1 aromatic carbocycles. The molecule has 0 atom stereocenters. The van der Waals surface area contributed by atoms with Crippen molar-refractivity contribution in [1.82, 2.24) is 5.32 Å². The summed E-state index contributed by atoms with van der Waals surface area (Å²) in [5, 5.41) is 14.7. The molecule has 1 aliphatic heterocycles. The molecule has 0 bridgehead atoms. The van der Waals surface area contributed by atoms with Crippen molar-refractivity contribution in [2.45, 2.75) is 19.4 Å². The summed E-state index contributed by atoms with van der Waals surface area (Å²) in [6.45, 7) is 1.36. The highest BCUT2D eigenvalue weighted by atomic mass is 35.5. The van der Waals surface area contributed by atoms with Crippen molar-refractivity contribution in [3.05, 3.63) is 38.9 Å². The lowest BCUT2D eigenvalue weighted by atomic mass is 10.0. The molecule has 2 rings (SSSR count). The van der Waals surface area contributed by atoms with Crippen molar-refractivity contribution >= 4 is 29.1 Å². The summed E-state index contributed by atoms with van der Waals surface area (Å²) < 4.78 is 0. The zero-order chi connectivity index (χ0) is 13.7. The number of hydrogen-bond donors (Lipinski definition) is 1. The summed E-state index contributed by atoms with van der Waals surface area (Å²) in [6.07, 6.45) is 2.45. The van der Waals surface area contributed by atoms with Crippen LogP contribution in [0.25, 0.3) is 0 Å². The fourth-order valence-electron chi connectivity index (χ4n) is 2.25. The average molecular weight is 301 g/mol. The molecule has 0 aromatic heterocycles. The van der Waals surface area contributed by atoms with Gasteiger partial charge in [0.1, 0.15) is 0 Å². The van der Waals surface area contributed by atoms with Gasteiger partial charge in [0, 0.05) is 12.6 Å². The third-order valence-electron chi connectivity index (χ3n) is 3.37. The molecule has 19 heavy (non-hydrogen) atoms. The van der Waals surface area contributed by atoms with Crippen LogP contribution in [0.1, 0.15) is 18.4 Å². The number of thioether (sulfide) groups is 1. The number of nitrogens with zero attached hydrogens (tertiary/aromatic N) is 1. The number of nitrogens with one attached hydrogen (secondary N) is 1. The number of halogens is 1. The molecule has 1 saturated heterocycles. The Labute approximate surface area is 122 Å². The van der Waals surface area contributed by atoms with Crippen LogP contribution in [-0.2, 0) is 6.54 Å². The molecule has 0 radical (unpaired) electrons. The molecule has 0 saturated carbocycles. The first-order valence-electron chi connectivity index (χ1n) is 6.38. The van der Waals surface area contributed by atoms with Gasteiger partial charge in [-0.15, -0.1) is 0 Å². The molecule has 0 unspecified atom stereocenters. The van der Waals surface area contributed by atoms with E-state index in [1.54, 1.807) is 12.1 Å². The molecule has 0 aliphatic carbocycles. The van der Waals surface area contributed by atoms with Crippen molar-refractivity contribution in [2.24, 2.45) is 5.92 Å². The Morgan fingerprint density at radius 1 is 1.42 bits per heavy atom. The van der Waals surface area contributed by atoms with Crippen LogP contribution in [-0.4, -0.2) is 23.0 Å². The summed E-state index contributed by atoms with van der Waals surface area (Å²) in [4.78, 5) is 10.6. The summed E-state index contributed by atoms with van der Waals surface area (Å²) in [5.74, 6) is 3.12. The Balaban J connectivity index is 1.93. The van der Waals surface area contributed by atoms with Gasteiger partial charge < -0.3 is 5.32 Å². The topological polar surface area (TPSA) is 55.2 Å². The second-order valence-corrected chi connectivity index (χ2v) is 6.31. The first-order valence-corrected chi connectivity index (χ1v) is 7.92. The molecule has 1 aliphatic rings. The second-order valence-electron chi connectivity index (χ2n) is 4.68. The molecule has 0 amide bonds. The maximum Gasteiger partial charge on any atom is 0.275 e. The molecule has 6 heteroatoms. The molecule has 1 aromatic rings. The number of rotatable bonds is 5. The van der Waals surface area contributed by atoms with E-state index in [-0.39, 0.29) is 10.6 Å². The minimum Gasteiger partial charge on any atom is -0.312 e. The third-order valence-corrected chi connectivity index (χ3v) is 4.77. The molecule has 104 valence electrons. The Kier molecular flexibility index (Phi) is 5.48. The standard InChI is InChI=1S/C13H17ClN2O2S/c14-12-2-1-3-13(16(17)18)11(12)9-15-8-10-4-6-19-7-5-10/h1-3,10,15H,4-9H2. The van der Waals surface area contributed by atoms with Crippen LogP contribution in [0.2, 0.25) is 5.02 Å². The Bertz CT molecular complexity index is 450. The minimum absolute atomic E-state index is 0.0965. The highest BCUT2D eigenvalue weighted by Gasteiger charge is 2.17. The van der Waals surface area contributed by atoms with E-state index >= 15 is 0 Å². The number of hydrogen-bond acceptors (Lipinski definition) is 4. The van der Waals surface area contributed by atoms with E-state index in [1.165, 1.54) is 30.4 Å². The van der Waals surface area contributed by atoms with E-state index in [1.807, 2.05) is 11.8 Å². The fraction of sp³-hybridized carbons (Fsp3) is 0.538. The van der Waals surface area contributed by atoms with Crippen molar-refractivity contribution < 1.29 is 4.92 Å². The zero-order valence-electron chi connectivity index (χ0n) is 10.6. The predicted octanol–water partition coefficient (Wildman–Crippen LogP) is 3.48. The van der Waals surface area contributed by atoms with Crippen LogP contribution in [0, 0.1) is 16.0 Å². The van der Waals surface area contributed by atoms with Gasteiger partial charge in [-0.1, -0.05) is 17.7 Å². The van der Waals surface area contributed by atoms with Gasteiger partial charge >= 0.3 is 0 Å². The van der Waals surface area contributed by atoms with E-state index < -0.39 is 0 Å². The number of nitro groups is 1. The van der Waals surface area contributed by atoms with Crippen LogP contribution in [0.4, 0.5) is 5.69 Å². The second kappa shape index (κ2) is 7.12. The van der Waals surface area contributed by atoms with Gasteiger partial charge in [0.2, 0.25) is 0 Å². The first-order chi connectivity index (χ1) is 9.18. The van der Waals surface area contributed by atoms with Gasteiger partial charge in [0.15, 0.2) is 0 Å². The quantitative estimate of drug-likeness (QED) is 0.668. The predicted molar refractivity (Wildman–Crippen MR) is 79.9 cm³/mol. The largest absolute Gasteiger partial charge is 0.312 e. The molecule has 1 N–H and O–H groups in total. The molecule has 0 spiro atoms. The average Bonchev–Trinajstić information content (AvgIpc) is 2.41. The molecular formula is C13H17ClN2O2S. The van der Waals surface area contributed by atoms with Crippen LogP contribution in [0.3, 0.4) is 0 Å². The highest BCUT2D eigenvalue weighted by molar-refractivity contribution is 7.99. The monoisotopic (exact) mass is 300 g/mol. The summed E-state index contributed by atoms with van der Waals surface area (Å²) >= 11 is 8.05. The Morgan fingerprint density at radius 3 is 2.84 bits per heavy atom. The van der Waals surface area contributed by atoms with E-state index in [0.29, 0.717) is 23.0 Å². The van der Waals surface area contributed by atoms with Crippen LogP contribution in [0.5, 0.6) is 0 Å². The maximum absolute atomic E-state index is 11.0. The Morgan fingerprint density at radius 2 is 2.16 bits per heavy atom. The zero-order valence-corrected chi connectivity index (χ0v) is 12.2. The smallest absolute Gasteiger partial charge is 0.275 e. The van der Waals surface area contributed by atoms with Crippen molar-refractivity contribution in [3.63, 3.8) is 0 Å². The van der Waals surface area contributed by atoms with E-state index in [4.69, 9.17) is 11.6 Å². The normalized spacial score (nSPS) is 16.5. The number of benzene rings is 1. The van der Waals surface area contributed by atoms with Crippen LogP contribution < -0.4 is 5.32 Å². The van der Waals surface area contributed by atoms with E-state index in [9.17, 15) is 10.1 Å². The maximum atomic E-state index is 11.0. The van der Waals surface area contributed by atoms with Gasteiger partial charge in [-0.3, -0.25) is 10.1 Å². The molecule has 1 fully saturated rings. The molecule has 1 heterocycles. The van der Waals surface area contributed by atoms with E-state index in [2.05, 4.69) is 5.32 Å². The van der Waals surface area contributed by atoms with E-state index in [0.717, 1.165) is 6.54 Å². The highest BCUT2D eigenvalue weighted by Crippen LogP contribution is 2.26. The van der Waals surface area contributed by atoms with Gasteiger partial charge in [-0.05, 0) is 42.9 Å². The van der Waals surface area contributed by atoms with Crippen molar-refractivity contribution in [1.29, 1.82) is 0 Å². The fourth-order valence-corrected chi connectivity index (χ4v) is 3.69. The molecule has 4 nitrogen and oxygen atoms in total.